The van der Waals surface area contributed by atoms with Crippen LogP contribution in [0.5, 0.6) is 0 Å². The first-order valence-corrected chi connectivity index (χ1v) is 9.60. The van der Waals surface area contributed by atoms with Crippen molar-refractivity contribution in [3.8, 4) is 0 Å². The van der Waals surface area contributed by atoms with Gasteiger partial charge in [0, 0.05) is 6.54 Å². The maximum atomic E-state index is 12.0. The molecule has 1 aromatic heterocycles. The van der Waals surface area contributed by atoms with E-state index in [1.165, 1.54) is 12.8 Å². The van der Waals surface area contributed by atoms with Crippen molar-refractivity contribution in [2.45, 2.75) is 51.3 Å². The number of hydrogen-bond donors (Lipinski definition) is 2. The zero-order valence-corrected chi connectivity index (χ0v) is 14.1. The van der Waals surface area contributed by atoms with Crippen molar-refractivity contribution in [2.75, 3.05) is 23.3 Å². The van der Waals surface area contributed by atoms with E-state index in [4.69, 9.17) is 5.73 Å². The summed E-state index contributed by atoms with van der Waals surface area (Å²) >= 11 is 1.13. The van der Waals surface area contributed by atoms with Gasteiger partial charge in [0.25, 0.3) is 0 Å². The smallest absolute Gasteiger partial charge is 0.184 e. The van der Waals surface area contributed by atoms with Crippen LogP contribution in [0.25, 0.3) is 0 Å². The number of nitrogens with two attached hydrogens (primary N) is 1. The van der Waals surface area contributed by atoms with Gasteiger partial charge in [0.1, 0.15) is 9.90 Å². The van der Waals surface area contributed by atoms with Gasteiger partial charge < -0.3 is 11.1 Å². The third-order valence-electron chi connectivity index (χ3n) is 3.46. The summed E-state index contributed by atoms with van der Waals surface area (Å²) in [6.45, 7) is 6.72. The van der Waals surface area contributed by atoms with Crippen LogP contribution in [0, 0.1) is 5.92 Å². The van der Waals surface area contributed by atoms with E-state index < -0.39 is 9.84 Å². The van der Waals surface area contributed by atoms with Gasteiger partial charge in [-0.15, -0.1) is 0 Å². The van der Waals surface area contributed by atoms with E-state index in [0.29, 0.717) is 10.9 Å². The molecular weight excluding hydrogens is 294 g/mol. The molecule has 0 radical (unpaired) electrons. The van der Waals surface area contributed by atoms with Gasteiger partial charge >= 0.3 is 0 Å². The standard InChI is InChI=1S/C13H25N3O2S2/c1-4-7-8-10(5-2)9-15-13-11(12(14)16-19-13)20(17,18)6-3/h10,15H,4-9H2,1-3H3,(H2,14,16). The normalized spacial score (nSPS) is 13.3. The number of unbranched alkanes of at least 4 members (excludes halogenated alkanes) is 1. The Kier molecular flexibility index (Phi) is 6.75. The number of rotatable bonds is 9. The van der Waals surface area contributed by atoms with Crippen LogP contribution in [0.4, 0.5) is 10.8 Å². The van der Waals surface area contributed by atoms with Gasteiger partial charge in [-0.2, -0.15) is 4.37 Å². The summed E-state index contributed by atoms with van der Waals surface area (Å²) in [6.07, 6.45) is 4.62. The molecule has 1 atom stereocenters. The Hall–Kier alpha value is -0.820. The summed E-state index contributed by atoms with van der Waals surface area (Å²) in [5.41, 5.74) is 5.70. The molecule has 1 unspecified atom stereocenters. The predicted molar refractivity (Wildman–Crippen MR) is 86.0 cm³/mol. The quantitative estimate of drug-likeness (QED) is 0.730. The van der Waals surface area contributed by atoms with E-state index >= 15 is 0 Å². The van der Waals surface area contributed by atoms with Crippen LogP contribution >= 0.6 is 11.5 Å². The number of sulfone groups is 1. The van der Waals surface area contributed by atoms with Crippen LogP contribution in [0.3, 0.4) is 0 Å². The van der Waals surface area contributed by atoms with Gasteiger partial charge in [-0.3, -0.25) is 0 Å². The lowest BCUT2D eigenvalue weighted by molar-refractivity contribution is 0.473. The van der Waals surface area contributed by atoms with Crippen LogP contribution in [0.15, 0.2) is 4.90 Å². The SMILES string of the molecule is CCCCC(CC)CNc1snc(N)c1S(=O)(=O)CC. The Morgan fingerprint density at radius 2 is 2.05 bits per heavy atom. The van der Waals surface area contributed by atoms with Crippen LogP contribution in [0.2, 0.25) is 0 Å². The Morgan fingerprint density at radius 3 is 2.60 bits per heavy atom. The molecule has 7 heteroatoms. The molecule has 1 rings (SSSR count). The molecule has 0 aliphatic carbocycles. The number of nitrogens with one attached hydrogen (secondary N) is 1. The van der Waals surface area contributed by atoms with E-state index in [0.717, 1.165) is 30.9 Å². The van der Waals surface area contributed by atoms with Gasteiger partial charge in [0.15, 0.2) is 15.7 Å². The maximum absolute atomic E-state index is 12.0. The summed E-state index contributed by atoms with van der Waals surface area (Å²) in [6, 6.07) is 0. The van der Waals surface area contributed by atoms with Crippen molar-refractivity contribution in [2.24, 2.45) is 5.92 Å². The summed E-state index contributed by atoms with van der Waals surface area (Å²) in [4.78, 5) is 0.176. The Morgan fingerprint density at radius 1 is 1.35 bits per heavy atom. The summed E-state index contributed by atoms with van der Waals surface area (Å²) < 4.78 is 28.0. The highest BCUT2D eigenvalue weighted by Gasteiger charge is 2.24. The molecule has 20 heavy (non-hydrogen) atoms. The number of nitrogens with zero attached hydrogens (tertiary/aromatic N) is 1. The van der Waals surface area contributed by atoms with Gasteiger partial charge in [-0.1, -0.05) is 40.0 Å². The summed E-state index contributed by atoms with van der Waals surface area (Å²) in [7, 11) is -3.33. The van der Waals surface area contributed by atoms with E-state index in [9.17, 15) is 8.42 Å². The molecule has 0 spiro atoms. The molecular formula is C13H25N3O2S2. The minimum absolute atomic E-state index is 0.0390. The van der Waals surface area contributed by atoms with E-state index in [1.54, 1.807) is 6.92 Å². The maximum Gasteiger partial charge on any atom is 0.184 e. The molecule has 0 aliphatic rings. The Bertz CT molecular complexity index is 512. The average molecular weight is 319 g/mol. The molecule has 0 aromatic carbocycles. The highest BCUT2D eigenvalue weighted by molar-refractivity contribution is 7.91. The number of nitrogen functional groups attached to an aromatic ring is 1. The lowest BCUT2D eigenvalue weighted by atomic mass is 9.99. The molecule has 1 heterocycles. The predicted octanol–water partition coefficient (Wildman–Crippen LogP) is 3.15. The van der Waals surface area contributed by atoms with Crippen molar-refractivity contribution in [1.82, 2.24) is 4.37 Å². The highest BCUT2D eigenvalue weighted by atomic mass is 32.2. The van der Waals surface area contributed by atoms with Crippen molar-refractivity contribution >= 4 is 32.2 Å². The molecule has 0 amide bonds. The summed E-state index contributed by atoms with van der Waals surface area (Å²) in [5.74, 6) is 0.702. The molecule has 0 saturated carbocycles. The molecule has 5 nitrogen and oxygen atoms in total. The lowest BCUT2D eigenvalue weighted by Crippen LogP contribution is -2.15. The number of aromatic nitrogens is 1. The second-order valence-corrected chi connectivity index (χ2v) is 7.92. The van der Waals surface area contributed by atoms with Crippen molar-refractivity contribution < 1.29 is 8.42 Å². The largest absolute Gasteiger partial charge is 0.382 e. The van der Waals surface area contributed by atoms with Gasteiger partial charge in [-0.05, 0) is 23.9 Å². The fraction of sp³-hybridized carbons (Fsp3) is 0.769. The van der Waals surface area contributed by atoms with Crippen molar-refractivity contribution in [3.05, 3.63) is 0 Å². The average Bonchev–Trinajstić information content (AvgIpc) is 2.81. The minimum atomic E-state index is -3.33. The van der Waals surface area contributed by atoms with E-state index in [1.807, 2.05) is 0 Å². The van der Waals surface area contributed by atoms with E-state index in [2.05, 4.69) is 23.5 Å². The number of hydrogen-bond acceptors (Lipinski definition) is 6. The second-order valence-electron chi connectivity index (χ2n) is 4.93. The fourth-order valence-corrected chi connectivity index (χ4v) is 4.21. The van der Waals surface area contributed by atoms with Gasteiger partial charge in [0.2, 0.25) is 0 Å². The van der Waals surface area contributed by atoms with Crippen LogP contribution < -0.4 is 11.1 Å². The highest BCUT2D eigenvalue weighted by Crippen LogP contribution is 2.32. The first-order valence-electron chi connectivity index (χ1n) is 7.17. The Labute approximate surface area is 126 Å². The van der Waals surface area contributed by atoms with Crippen LogP contribution in [0.1, 0.15) is 46.5 Å². The molecule has 116 valence electrons. The van der Waals surface area contributed by atoms with Crippen molar-refractivity contribution in [1.29, 1.82) is 0 Å². The third kappa shape index (κ3) is 4.34. The number of anilines is 2. The first-order chi connectivity index (χ1) is 9.46. The molecule has 0 fully saturated rings. The first kappa shape index (κ1) is 17.2. The molecule has 3 N–H and O–H groups in total. The fourth-order valence-electron chi connectivity index (χ4n) is 2.03. The van der Waals surface area contributed by atoms with E-state index in [-0.39, 0.29) is 16.5 Å². The zero-order valence-electron chi connectivity index (χ0n) is 12.5. The minimum Gasteiger partial charge on any atom is -0.382 e. The molecule has 0 bridgehead atoms. The van der Waals surface area contributed by atoms with Gasteiger partial charge in [-0.25, -0.2) is 8.42 Å². The molecule has 0 saturated heterocycles. The second kappa shape index (κ2) is 7.83. The van der Waals surface area contributed by atoms with Gasteiger partial charge in [0.05, 0.1) is 5.75 Å². The van der Waals surface area contributed by atoms with Crippen molar-refractivity contribution in [3.63, 3.8) is 0 Å². The summed E-state index contributed by atoms with van der Waals surface area (Å²) in [5, 5.41) is 3.81. The van der Waals surface area contributed by atoms with Crippen LogP contribution in [-0.2, 0) is 9.84 Å². The molecule has 1 aromatic rings. The topological polar surface area (TPSA) is 85.1 Å². The Balaban J connectivity index is 2.79. The van der Waals surface area contributed by atoms with Crippen LogP contribution in [-0.4, -0.2) is 25.1 Å². The molecule has 0 aliphatic heterocycles. The third-order valence-corrected chi connectivity index (χ3v) is 6.20. The lowest BCUT2D eigenvalue weighted by Gasteiger charge is -2.15. The zero-order chi connectivity index (χ0) is 15.2. The monoisotopic (exact) mass is 319 g/mol.